The van der Waals surface area contributed by atoms with Crippen LogP contribution in [-0.4, -0.2) is 31.4 Å². The van der Waals surface area contributed by atoms with Crippen LogP contribution in [0.4, 0.5) is 0 Å². The smallest absolute Gasteiger partial charge is 0.280 e. The van der Waals surface area contributed by atoms with E-state index in [0.717, 1.165) is 22.7 Å². The molecule has 2 fully saturated rings. The van der Waals surface area contributed by atoms with Gasteiger partial charge in [-0.25, -0.2) is 19.3 Å². The predicted molar refractivity (Wildman–Crippen MR) is 156 cm³/mol. The minimum absolute atomic E-state index is 0.0345. The summed E-state index contributed by atoms with van der Waals surface area (Å²) in [6, 6.07) is 23.7. The standard InChI is InChI=1S/C32H30N6O2/c1-17(2)29-33-23-15-9-7-13-21(23)31(39)37(29)35-25-19-11-5-6-12-20(19)26-28(27(25)35)36(26)38-30(18(3)4)34-24-16-10-8-14-22(24)32(38)40/h5-18,25-28H,1-4H3/t25-,26?,27-,28?,35?,36?/m1/s1. The van der Waals surface area contributed by atoms with E-state index in [-0.39, 0.29) is 47.1 Å². The van der Waals surface area contributed by atoms with Gasteiger partial charge in [0.25, 0.3) is 11.1 Å². The SMILES string of the molecule is CC(C)c1nc2ccccc2c(=O)n1N1C2c3ccccc3[C@@H]3[C@H](C21)N3n1c(C(C)C)nc2ccccc2c1=O. The molecule has 0 radical (unpaired) electrons. The molecule has 8 rings (SSSR count). The largest absolute Gasteiger partial charge is 0.291 e. The number of nitrogens with zero attached hydrogens (tertiary/aromatic N) is 6. The molecule has 5 aromatic rings. The van der Waals surface area contributed by atoms with Crippen LogP contribution in [0.5, 0.6) is 0 Å². The first-order valence-electron chi connectivity index (χ1n) is 14.1. The summed E-state index contributed by atoms with van der Waals surface area (Å²) >= 11 is 0. The summed E-state index contributed by atoms with van der Waals surface area (Å²) in [5, 5.41) is 5.64. The number of benzene rings is 3. The van der Waals surface area contributed by atoms with Crippen LogP contribution < -0.4 is 21.1 Å². The number of hydrogen-bond acceptors (Lipinski definition) is 6. The second-order valence-electron chi connectivity index (χ2n) is 11.8. The fourth-order valence-corrected chi connectivity index (χ4v) is 6.85. The topological polar surface area (TPSA) is 75.8 Å². The van der Waals surface area contributed by atoms with Crippen molar-refractivity contribution >= 4 is 21.8 Å². The monoisotopic (exact) mass is 530 g/mol. The maximum atomic E-state index is 14.0. The summed E-state index contributed by atoms with van der Waals surface area (Å²) in [6.45, 7) is 8.32. The van der Waals surface area contributed by atoms with Crippen molar-refractivity contribution in [2.45, 2.75) is 63.7 Å². The Bertz CT molecular complexity index is 1830. The van der Waals surface area contributed by atoms with Gasteiger partial charge < -0.3 is 0 Å². The molecule has 4 heterocycles. The molecule has 8 heteroatoms. The van der Waals surface area contributed by atoms with Crippen LogP contribution in [0, 0.1) is 0 Å². The lowest BCUT2D eigenvalue weighted by Gasteiger charge is -2.20. The highest BCUT2D eigenvalue weighted by atomic mass is 16.2. The van der Waals surface area contributed by atoms with E-state index >= 15 is 0 Å². The molecule has 0 saturated carbocycles. The van der Waals surface area contributed by atoms with Crippen molar-refractivity contribution < 1.29 is 0 Å². The molecule has 2 aliphatic heterocycles. The maximum absolute atomic E-state index is 14.0. The van der Waals surface area contributed by atoms with Gasteiger partial charge in [0.2, 0.25) is 0 Å². The van der Waals surface area contributed by atoms with E-state index in [2.05, 4.69) is 62.0 Å². The highest BCUT2D eigenvalue weighted by Gasteiger charge is 2.72. The Balaban J connectivity index is 1.33. The first-order valence-corrected chi connectivity index (χ1v) is 14.1. The highest BCUT2D eigenvalue weighted by molar-refractivity contribution is 5.78. The van der Waals surface area contributed by atoms with Crippen molar-refractivity contribution in [2.75, 3.05) is 10.0 Å². The molecule has 3 aliphatic rings. The van der Waals surface area contributed by atoms with Gasteiger partial charge in [-0.15, -0.1) is 0 Å². The van der Waals surface area contributed by atoms with E-state index in [1.54, 1.807) is 0 Å². The Labute approximate surface area is 231 Å². The lowest BCUT2D eigenvalue weighted by molar-refractivity contribution is 0.608. The third kappa shape index (κ3) is 3.01. The van der Waals surface area contributed by atoms with Crippen LogP contribution in [0.2, 0.25) is 0 Å². The summed E-state index contributed by atoms with van der Waals surface area (Å²) in [4.78, 5) is 37.9. The Morgan fingerprint density at radius 2 is 0.950 bits per heavy atom. The molecule has 0 spiro atoms. The van der Waals surface area contributed by atoms with Gasteiger partial charge in [0.1, 0.15) is 11.6 Å². The third-order valence-corrected chi connectivity index (χ3v) is 8.68. The van der Waals surface area contributed by atoms with Crippen molar-refractivity contribution in [1.82, 2.24) is 19.3 Å². The molecule has 40 heavy (non-hydrogen) atoms. The van der Waals surface area contributed by atoms with E-state index in [4.69, 9.17) is 9.97 Å². The molecule has 2 aromatic heterocycles. The minimum Gasteiger partial charge on any atom is -0.291 e. The van der Waals surface area contributed by atoms with Crippen molar-refractivity contribution in [2.24, 2.45) is 0 Å². The van der Waals surface area contributed by atoms with Crippen LogP contribution >= 0.6 is 0 Å². The van der Waals surface area contributed by atoms with Gasteiger partial charge in [-0.05, 0) is 35.4 Å². The summed E-state index contributed by atoms with van der Waals surface area (Å²) in [5.41, 5.74) is 3.77. The molecule has 1 aliphatic carbocycles. The Morgan fingerprint density at radius 3 is 1.35 bits per heavy atom. The normalized spacial score (nSPS) is 22.6. The van der Waals surface area contributed by atoms with Crippen LogP contribution in [0.15, 0.2) is 82.4 Å². The molecule has 2 saturated heterocycles. The minimum atomic E-state index is -0.0441. The average Bonchev–Trinajstić information content (AvgIpc) is 3.86. The second-order valence-corrected chi connectivity index (χ2v) is 11.8. The number of para-hydroxylation sites is 2. The van der Waals surface area contributed by atoms with Crippen LogP contribution in [0.25, 0.3) is 21.8 Å². The van der Waals surface area contributed by atoms with E-state index in [1.807, 2.05) is 57.9 Å². The van der Waals surface area contributed by atoms with Gasteiger partial charge in [-0.2, -0.15) is 0 Å². The second kappa shape index (κ2) is 8.03. The van der Waals surface area contributed by atoms with Gasteiger partial charge >= 0.3 is 0 Å². The molecule has 0 bridgehead atoms. The zero-order valence-corrected chi connectivity index (χ0v) is 22.9. The highest BCUT2D eigenvalue weighted by Crippen LogP contribution is 2.61. The van der Waals surface area contributed by atoms with E-state index < -0.39 is 0 Å². The molecule has 200 valence electrons. The molecule has 0 amide bonds. The molecule has 0 N–H and O–H groups in total. The van der Waals surface area contributed by atoms with Crippen molar-refractivity contribution in [3.63, 3.8) is 0 Å². The Morgan fingerprint density at radius 1 is 0.575 bits per heavy atom. The Kier molecular flexibility index (Phi) is 4.71. The quantitative estimate of drug-likeness (QED) is 0.319. The lowest BCUT2D eigenvalue weighted by Crippen LogP contribution is -2.38. The van der Waals surface area contributed by atoms with Crippen molar-refractivity contribution in [1.29, 1.82) is 0 Å². The van der Waals surface area contributed by atoms with Gasteiger partial charge in [0, 0.05) is 11.8 Å². The third-order valence-electron chi connectivity index (χ3n) is 8.68. The Hall–Kier alpha value is -4.46. The summed E-state index contributed by atoms with van der Waals surface area (Å²) in [6.07, 6.45) is 0. The fraction of sp³-hybridized carbons (Fsp3) is 0.312. The molecule has 3 aromatic carbocycles. The molecular formula is C32H30N6O2. The van der Waals surface area contributed by atoms with Gasteiger partial charge in [0.15, 0.2) is 0 Å². The number of hydrogen-bond donors (Lipinski definition) is 0. The van der Waals surface area contributed by atoms with Gasteiger partial charge in [-0.1, -0.05) is 76.2 Å². The zero-order chi connectivity index (χ0) is 27.4. The fourth-order valence-electron chi connectivity index (χ4n) is 6.85. The zero-order valence-electron chi connectivity index (χ0n) is 22.9. The van der Waals surface area contributed by atoms with Crippen LogP contribution in [-0.2, 0) is 0 Å². The van der Waals surface area contributed by atoms with Crippen LogP contribution in [0.1, 0.15) is 74.4 Å². The van der Waals surface area contributed by atoms with Crippen molar-refractivity contribution in [3.05, 3.63) is 116 Å². The average molecular weight is 531 g/mol. The van der Waals surface area contributed by atoms with E-state index in [9.17, 15) is 9.59 Å². The van der Waals surface area contributed by atoms with Gasteiger partial charge in [-0.3, -0.25) is 19.6 Å². The molecule has 4 atom stereocenters. The summed E-state index contributed by atoms with van der Waals surface area (Å²) < 4.78 is 3.64. The lowest BCUT2D eigenvalue weighted by atomic mass is 9.92. The first-order chi connectivity index (χ1) is 19.4. The molecular weight excluding hydrogens is 500 g/mol. The number of aromatic nitrogens is 4. The van der Waals surface area contributed by atoms with E-state index in [1.165, 1.54) is 11.1 Å². The number of fused-ring (bicyclic) bond motifs is 8. The molecule has 8 nitrogen and oxygen atoms in total. The summed E-state index contributed by atoms with van der Waals surface area (Å²) in [7, 11) is 0. The maximum Gasteiger partial charge on any atom is 0.280 e. The van der Waals surface area contributed by atoms with Crippen molar-refractivity contribution in [3.8, 4) is 0 Å². The summed E-state index contributed by atoms with van der Waals surface area (Å²) in [5.74, 6) is 1.63. The first kappa shape index (κ1) is 23.4. The number of rotatable bonds is 4. The van der Waals surface area contributed by atoms with Crippen LogP contribution in [0.3, 0.4) is 0 Å². The van der Waals surface area contributed by atoms with E-state index in [0.29, 0.717) is 10.8 Å². The predicted octanol–water partition coefficient (Wildman–Crippen LogP) is 4.49. The van der Waals surface area contributed by atoms with Gasteiger partial charge in [0.05, 0.1) is 46.0 Å². The molecule has 2 unspecified atom stereocenters.